The highest BCUT2D eigenvalue weighted by molar-refractivity contribution is 9.10. The Morgan fingerprint density at radius 1 is 1.08 bits per heavy atom. The Hall–Kier alpha value is -3.66. The summed E-state index contributed by atoms with van der Waals surface area (Å²) in [7, 11) is 1.55. The lowest BCUT2D eigenvalue weighted by molar-refractivity contribution is -0.137. The Balaban J connectivity index is 1.74. The molecule has 0 atom stereocenters. The Kier molecular flexibility index (Phi) is 7.40. The van der Waals surface area contributed by atoms with E-state index >= 15 is 0 Å². The minimum absolute atomic E-state index is 0.0518. The van der Waals surface area contributed by atoms with Crippen molar-refractivity contribution in [1.29, 1.82) is 0 Å². The number of benzene rings is 3. The second kappa shape index (κ2) is 10.4. The standard InChI is InChI=1S/C27H24BrF3N4O2/c1-14(2)33-26-32-13-17-11-21(24(37-4)22(28)23(17)35-26)20-10-16(9-8-15(20)3)25(36)34-19-7-5-6-18(12-19)27(29,30)31/h5-14H,1-4H3,(H,34,36)(H,32,33,35). The second-order valence-electron chi connectivity index (χ2n) is 8.76. The van der Waals surface area contributed by atoms with E-state index in [4.69, 9.17) is 4.74 Å². The molecule has 0 aliphatic carbocycles. The van der Waals surface area contributed by atoms with Gasteiger partial charge < -0.3 is 15.4 Å². The second-order valence-corrected chi connectivity index (χ2v) is 9.56. The number of carbonyl (C=O) groups excluding carboxylic acids is 1. The zero-order chi connectivity index (χ0) is 26.9. The molecule has 4 aromatic rings. The van der Waals surface area contributed by atoms with Crippen molar-refractivity contribution < 1.29 is 22.7 Å². The van der Waals surface area contributed by atoms with Crippen LogP contribution in [0.2, 0.25) is 0 Å². The fourth-order valence-electron chi connectivity index (χ4n) is 3.88. The molecule has 0 unspecified atom stereocenters. The molecular formula is C27H24BrF3N4O2. The van der Waals surface area contributed by atoms with Gasteiger partial charge in [-0.15, -0.1) is 0 Å². The number of hydrogen-bond donors (Lipinski definition) is 2. The minimum atomic E-state index is -4.51. The first-order valence-corrected chi connectivity index (χ1v) is 12.2. The lowest BCUT2D eigenvalue weighted by Crippen LogP contribution is -2.13. The van der Waals surface area contributed by atoms with Crippen LogP contribution in [0, 0.1) is 6.92 Å². The maximum Gasteiger partial charge on any atom is 0.416 e. The van der Waals surface area contributed by atoms with Gasteiger partial charge in [0.15, 0.2) is 0 Å². The van der Waals surface area contributed by atoms with Crippen molar-refractivity contribution in [2.24, 2.45) is 0 Å². The molecule has 192 valence electrons. The summed E-state index contributed by atoms with van der Waals surface area (Å²) in [6, 6.07) is 11.6. The third-order valence-electron chi connectivity index (χ3n) is 5.63. The molecule has 2 N–H and O–H groups in total. The molecule has 1 amide bonds. The fraction of sp³-hybridized carbons (Fsp3) is 0.222. The topological polar surface area (TPSA) is 76.1 Å². The molecule has 0 radical (unpaired) electrons. The molecule has 4 rings (SSSR count). The van der Waals surface area contributed by atoms with Crippen molar-refractivity contribution in [3.8, 4) is 16.9 Å². The predicted octanol–water partition coefficient (Wildman–Crippen LogP) is 7.47. The van der Waals surface area contributed by atoms with Crippen molar-refractivity contribution in [3.63, 3.8) is 0 Å². The van der Waals surface area contributed by atoms with Crippen molar-refractivity contribution >= 4 is 44.4 Å². The zero-order valence-electron chi connectivity index (χ0n) is 20.5. The third-order valence-corrected chi connectivity index (χ3v) is 6.36. The van der Waals surface area contributed by atoms with Gasteiger partial charge in [0, 0.05) is 34.4 Å². The summed E-state index contributed by atoms with van der Waals surface area (Å²) in [5.41, 5.74) is 2.46. The molecule has 3 aromatic carbocycles. The van der Waals surface area contributed by atoms with Crippen LogP contribution in [0.25, 0.3) is 22.0 Å². The van der Waals surface area contributed by atoms with E-state index in [1.807, 2.05) is 26.8 Å². The third kappa shape index (κ3) is 5.69. The number of methoxy groups -OCH3 is 1. The van der Waals surface area contributed by atoms with E-state index in [2.05, 4.69) is 36.5 Å². The SMILES string of the molecule is COc1c(-c2cc(C(=O)Nc3cccc(C(F)(F)F)c3)ccc2C)cc2cnc(NC(C)C)nc2c1Br. The van der Waals surface area contributed by atoms with Gasteiger partial charge >= 0.3 is 6.18 Å². The van der Waals surface area contributed by atoms with Gasteiger partial charge in [-0.1, -0.05) is 12.1 Å². The number of aryl methyl sites for hydroxylation is 1. The molecule has 0 saturated carbocycles. The largest absolute Gasteiger partial charge is 0.495 e. The van der Waals surface area contributed by atoms with Gasteiger partial charge in [-0.05, 0) is 84.2 Å². The normalized spacial score (nSPS) is 11.6. The number of aromatic nitrogens is 2. The molecular weight excluding hydrogens is 549 g/mol. The van der Waals surface area contributed by atoms with E-state index in [1.165, 1.54) is 12.1 Å². The number of anilines is 2. The molecule has 37 heavy (non-hydrogen) atoms. The van der Waals surface area contributed by atoms with Gasteiger partial charge in [-0.3, -0.25) is 4.79 Å². The number of ether oxygens (including phenoxy) is 1. The van der Waals surface area contributed by atoms with Crippen LogP contribution in [0.15, 0.2) is 59.2 Å². The molecule has 0 aliphatic rings. The number of halogens is 4. The Bertz CT molecular complexity index is 1490. The van der Waals surface area contributed by atoms with Crippen molar-refractivity contribution in [2.75, 3.05) is 17.7 Å². The summed E-state index contributed by atoms with van der Waals surface area (Å²) in [6.07, 6.45) is -2.80. The molecule has 1 aromatic heterocycles. The quantitative estimate of drug-likeness (QED) is 0.250. The predicted molar refractivity (Wildman–Crippen MR) is 142 cm³/mol. The molecule has 1 heterocycles. The lowest BCUT2D eigenvalue weighted by Gasteiger charge is -2.17. The number of nitrogens with one attached hydrogen (secondary N) is 2. The van der Waals surface area contributed by atoms with E-state index < -0.39 is 17.6 Å². The summed E-state index contributed by atoms with van der Waals surface area (Å²) in [5, 5.41) is 6.49. The number of nitrogens with zero attached hydrogens (tertiary/aromatic N) is 2. The highest BCUT2D eigenvalue weighted by atomic mass is 79.9. The molecule has 0 fully saturated rings. The molecule has 0 spiro atoms. The van der Waals surface area contributed by atoms with Gasteiger partial charge in [0.2, 0.25) is 5.95 Å². The molecule has 10 heteroatoms. The van der Waals surface area contributed by atoms with Crippen LogP contribution in [0.1, 0.15) is 35.3 Å². The minimum Gasteiger partial charge on any atom is -0.495 e. The summed E-state index contributed by atoms with van der Waals surface area (Å²) in [5.74, 6) is 0.481. The number of carbonyl (C=O) groups is 1. The van der Waals surface area contributed by atoms with Crippen LogP contribution in [0.4, 0.5) is 24.8 Å². The summed E-state index contributed by atoms with van der Waals surface area (Å²) in [6.45, 7) is 5.88. The van der Waals surface area contributed by atoms with Gasteiger partial charge in [-0.25, -0.2) is 9.97 Å². The first kappa shape index (κ1) is 26.4. The zero-order valence-corrected chi connectivity index (χ0v) is 22.1. The maximum atomic E-state index is 13.1. The van der Waals surface area contributed by atoms with Crippen LogP contribution < -0.4 is 15.4 Å². The fourth-order valence-corrected chi connectivity index (χ4v) is 4.57. The smallest absolute Gasteiger partial charge is 0.416 e. The highest BCUT2D eigenvalue weighted by Crippen LogP contribution is 2.42. The van der Waals surface area contributed by atoms with Crippen LogP contribution in [0.5, 0.6) is 5.75 Å². The number of alkyl halides is 3. The van der Waals surface area contributed by atoms with Gasteiger partial charge in [-0.2, -0.15) is 13.2 Å². The van der Waals surface area contributed by atoms with Crippen molar-refractivity contribution in [3.05, 3.63) is 75.9 Å². The number of fused-ring (bicyclic) bond motifs is 1. The van der Waals surface area contributed by atoms with E-state index in [-0.39, 0.29) is 17.3 Å². The summed E-state index contributed by atoms with van der Waals surface area (Å²) >= 11 is 3.62. The number of rotatable bonds is 6. The van der Waals surface area contributed by atoms with E-state index in [0.29, 0.717) is 27.3 Å². The Morgan fingerprint density at radius 3 is 2.51 bits per heavy atom. The van der Waals surface area contributed by atoms with Crippen LogP contribution >= 0.6 is 15.9 Å². The van der Waals surface area contributed by atoms with Crippen LogP contribution in [0.3, 0.4) is 0 Å². The number of hydrogen-bond acceptors (Lipinski definition) is 5. The van der Waals surface area contributed by atoms with Crippen LogP contribution in [-0.2, 0) is 6.18 Å². The molecule has 6 nitrogen and oxygen atoms in total. The monoisotopic (exact) mass is 572 g/mol. The summed E-state index contributed by atoms with van der Waals surface area (Å²) < 4.78 is 45.6. The highest BCUT2D eigenvalue weighted by Gasteiger charge is 2.30. The van der Waals surface area contributed by atoms with E-state index in [1.54, 1.807) is 31.5 Å². The lowest BCUT2D eigenvalue weighted by atomic mass is 9.96. The van der Waals surface area contributed by atoms with Crippen molar-refractivity contribution in [1.82, 2.24) is 9.97 Å². The first-order valence-electron chi connectivity index (χ1n) is 11.4. The average Bonchev–Trinajstić information content (AvgIpc) is 2.84. The Labute approximate surface area is 220 Å². The average molecular weight is 573 g/mol. The van der Waals surface area contributed by atoms with E-state index in [0.717, 1.165) is 28.6 Å². The van der Waals surface area contributed by atoms with Crippen molar-refractivity contribution in [2.45, 2.75) is 33.0 Å². The molecule has 0 saturated heterocycles. The maximum absolute atomic E-state index is 13.1. The van der Waals surface area contributed by atoms with Gasteiger partial charge in [0.1, 0.15) is 5.75 Å². The molecule has 0 aliphatic heterocycles. The van der Waals surface area contributed by atoms with Gasteiger partial charge in [0.25, 0.3) is 5.91 Å². The molecule has 0 bridgehead atoms. The summed E-state index contributed by atoms with van der Waals surface area (Å²) in [4.78, 5) is 22.0. The number of amides is 1. The van der Waals surface area contributed by atoms with Crippen LogP contribution in [-0.4, -0.2) is 29.0 Å². The van der Waals surface area contributed by atoms with Gasteiger partial charge in [0.05, 0.1) is 22.7 Å². The Morgan fingerprint density at radius 2 is 1.84 bits per heavy atom. The van der Waals surface area contributed by atoms with E-state index in [9.17, 15) is 18.0 Å². The first-order chi connectivity index (χ1) is 17.5.